The van der Waals surface area contributed by atoms with Crippen molar-refractivity contribution in [1.29, 1.82) is 0 Å². The molecule has 0 unspecified atom stereocenters. The summed E-state index contributed by atoms with van der Waals surface area (Å²) < 4.78 is 13.9. The van der Waals surface area contributed by atoms with E-state index in [2.05, 4.69) is 15.9 Å². The summed E-state index contributed by atoms with van der Waals surface area (Å²) >= 11 is 3.35. The minimum atomic E-state index is -0.789. The van der Waals surface area contributed by atoms with Crippen LogP contribution in [-0.4, -0.2) is 16.1 Å². The van der Waals surface area contributed by atoms with Crippen LogP contribution in [0.4, 0.5) is 10.1 Å². The topological polar surface area (TPSA) is 60.8 Å². The highest BCUT2D eigenvalue weighted by atomic mass is 79.9. The van der Waals surface area contributed by atoms with E-state index < -0.39 is 6.10 Å². The number of halogens is 2. The standard InChI is InChI=1S/C24H21BrFNO3/c25-16-8-11-19(22(29)14-16)23-20(24(30)27(23)18-4-2-1-3-5-18)12-13-21(28)15-6-9-17(26)10-7-15/h1-11,14,20-21,23,28-29H,12-13H2/t20-,21+,23-/m1/s1. The summed E-state index contributed by atoms with van der Waals surface area (Å²) in [6.45, 7) is 0. The van der Waals surface area contributed by atoms with Gasteiger partial charge in [-0.1, -0.05) is 52.3 Å². The van der Waals surface area contributed by atoms with Crippen LogP contribution in [0.25, 0.3) is 0 Å². The van der Waals surface area contributed by atoms with Gasteiger partial charge in [-0.05, 0) is 54.8 Å². The Hall–Kier alpha value is -2.70. The van der Waals surface area contributed by atoms with Crippen molar-refractivity contribution in [2.24, 2.45) is 5.92 Å². The highest BCUT2D eigenvalue weighted by Crippen LogP contribution is 2.48. The molecule has 0 spiro atoms. The lowest BCUT2D eigenvalue weighted by molar-refractivity contribution is -0.131. The number of hydrogen-bond donors (Lipinski definition) is 2. The third kappa shape index (κ3) is 3.98. The zero-order valence-corrected chi connectivity index (χ0v) is 17.7. The van der Waals surface area contributed by atoms with Gasteiger partial charge >= 0.3 is 0 Å². The van der Waals surface area contributed by atoms with Gasteiger partial charge in [-0.25, -0.2) is 4.39 Å². The molecule has 1 heterocycles. The Labute approximate surface area is 182 Å². The van der Waals surface area contributed by atoms with E-state index in [1.165, 1.54) is 12.1 Å². The second-order valence-electron chi connectivity index (χ2n) is 7.44. The van der Waals surface area contributed by atoms with Gasteiger partial charge in [0.2, 0.25) is 5.91 Å². The summed E-state index contributed by atoms with van der Waals surface area (Å²) in [6, 6.07) is 20.0. The lowest BCUT2D eigenvalue weighted by atomic mass is 9.78. The molecule has 1 amide bonds. The number of rotatable bonds is 6. The van der Waals surface area contributed by atoms with Crippen molar-refractivity contribution < 1.29 is 19.4 Å². The molecule has 3 atom stereocenters. The fraction of sp³-hybridized carbons (Fsp3) is 0.208. The van der Waals surface area contributed by atoms with Crippen LogP contribution in [0.15, 0.2) is 77.3 Å². The van der Waals surface area contributed by atoms with Crippen molar-refractivity contribution in [3.8, 4) is 5.75 Å². The lowest BCUT2D eigenvalue weighted by Crippen LogP contribution is -2.55. The van der Waals surface area contributed by atoms with Gasteiger partial charge in [-0.2, -0.15) is 0 Å². The van der Waals surface area contributed by atoms with E-state index in [1.807, 2.05) is 42.5 Å². The van der Waals surface area contributed by atoms with E-state index in [0.717, 1.165) is 10.2 Å². The molecule has 1 aliphatic heterocycles. The number of nitrogens with zero attached hydrogens (tertiary/aromatic N) is 1. The molecule has 4 rings (SSSR count). The number of anilines is 1. The van der Waals surface area contributed by atoms with Gasteiger partial charge in [0.1, 0.15) is 11.6 Å². The van der Waals surface area contributed by atoms with Gasteiger partial charge in [-0.15, -0.1) is 0 Å². The smallest absolute Gasteiger partial charge is 0.233 e. The molecule has 0 radical (unpaired) electrons. The molecule has 30 heavy (non-hydrogen) atoms. The normalized spacial score (nSPS) is 19.4. The van der Waals surface area contributed by atoms with E-state index in [0.29, 0.717) is 24.0 Å². The van der Waals surface area contributed by atoms with E-state index in [4.69, 9.17) is 0 Å². The minimum Gasteiger partial charge on any atom is -0.508 e. The molecule has 0 saturated carbocycles. The van der Waals surface area contributed by atoms with Crippen LogP contribution >= 0.6 is 15.9 Å². The number of phenols is 1. The Kier molecular flexibility index (Phi) is 5.88. The van der Waals surface area contributed by atoms with Crippen LogP contribution < -0.4 is 4.90 Å². The molecule has 154 valence electrons. The van der Waals surface area contributed by atoms with Crippen molar-refractivity contribution in [2.75, 3.05) is 4.90 Å². The number of amides is 1. The number of aliphatic hydroxyl groups excluding tert-OH is 1. The molecule has 4 nitrogen and oxygen atoms in total. The second kappa shape index (κ2) is 8.58. The highest BCUT2D eigenvalue weighted by molar-refractivity contribution is 9.10. The SMILES string of the molecule is O=C1[C@H](CC[C@H](O)c2ccc(F)cc2)[C@@H](c2ccc(Br)cc2O)N1c1ccccc1. The minimum absolute atomic E-state index is 0.0418. The maximum Gasteiger partial charge on any atom is 0.233 e. The lowest BCUT2D eigenvalue weighted by Gasteiger charge is -2.48. The second-order valence-corrected chi connectivity index (χ2v) is 8.36. The molecule has 0 aromatic heterocycles. The summed E-state index contributed by atoms with van der Waals surface area (Å²) in [7, 11) is 0. The molecule has 3 aromatic rings. The van der Waals surface area contributed by atoms with Crippen LogP contribution in [0.3, 0.4) is 0 Å². The number of carbonyl (C=O) groups excluding carboxylic acids is 1. The predicted molar refractivity (Wildman–Crippen MR) is 117 cm³/mol. The molecule has 1 fully saturated rings. The first-order chi connectivity index (χ1) is 14.5. The molecule has 1 aliphatic rings. The Balaban J connectivity index is 1.58. The summed E-state index contributed by atoms with van der Waals surface area (Å²) in [4.78, 5) is 14.7. The first-order valence-corrected chi connectivity index (χ1v) is 10.5. The maximum absolute atomic E-state index is 13.1. The van der Waals surface area contributed by atoms with Gasteiger partial charge in [-0.3, -0.25) is 4.79 Å². The molecular formula is C24H21BrFNO3. The zero-order chi connectivity index (χ0) is 21.3. The summed E-state index contributed by atoms with van der Waals surface area (Å²) in [5, 5.41) is 21.0. The van der Waals surface area contributed by atoms with E-state index in [9.17, 15) is 19.4 Å². The first kappa shape index (κ1) is 20.6. The fourth-order valence-electron chi connectivity index (χ4n) is 4.02. The van der Waals surface area contributed by atoms with E-state index in [-0.39, 0.29) is 29.4 Å². The van der Waals surface area contributed by atoms with Crippen LogP contribution in [0, 0.1) is 11.7 Å². The van der Waals surface area contributed by atoms with Crippen molar-refractivity contribution in [3.63, 3.8) is 0 Å². The van der Waals surface area contributed by atoms with Crippen molar-refractivity contribution in [1.82, 2.24) is 0 Å². The van der Waals surface area contributed by atoms with Gasteiger partial charge in [0, 0.05) is 15.7 Å². The van der Waals surface area contributed by atoms with Gasteiger partial charge in [0.25, 0.3) is 0 Å². The summed E-state index contributed by atoms with van der Waals surface area (Å²) in [6.07, 6.45) is 0.0163. The van der Waals surface area contributed by atoms with Crippen LogP contribution in [0.5, 0.6) is 5.75 Å². The van der Waals surface area contributed by atoms with Gasteiger partial charge < -0.3 is 15.1 Å². The van der Waals surface area contributed by atoms with Crippen LogP contribution in [0.1, 0.15) is 36.1 Å². The Morgan fingerprint density at radius 1 is 1.03 bits per heavy atom. The first-order valence-electron chi connectivity index (χ1n) is 9.76. The monoisotopic (exact) mass is 469 g/mol. The summed E-state index contributed by atoms with van der Waals surface area (Å²) in [5.74, 6) is -0.650. The molecule has 2 N–H and O–H groups in total. The molecular weight excluding hydrogens is 449 g/mol. The van der Waals surface area contributed by atoms with Crippen molar-refractivity contribution >= 4 is 27.5 Å². The average molecular weight is 470 g/mol. The highest BCUT2D eigenvalue weighted by Gasteiger charge is 2.49. The number of β-lactam (4-membered cyclic amide) rings is 1. The largest absolute Gasteiger partial charge is 0.508 e. The maximum atomic E-state index is 13.1. The van der Waals surface area contributed by atoms with Crippen LogP contribution in [-0.2, 0) is 4.79 Å². The third-order valence-electron chi connectivity index (χ3n) is 5.57. The molecule has 6 heteroatoms. The average Bonchev–Trinajstić information content (AvgIpc) is 2.74. The molecule has 1 saturated heterocycles. The van der Waals surface area contributed by atoms with Gasteiger partial charge in [0.15, 0.2) is 0 Å². The molecule has 0 bridgehead atoms. The predicted octanol–water partition coefficient (Wildman–Crippen LogP) is 5.51. The zero-order valence-electron chi connectivity index (χ0n) is 16.1. The van der Waals surface area contributed by atoms with E-state index in [1.54, 1.807) is 23.1 Å². The van der Waals surface area contributed by atoms with Crippen LogP contribution in [0.2, 0.25) is 0 Å². The van der Waals surface area contributed by atoms with Gasteiger partial charge in [0.05, 0.1) is 18.1 Å². The quantitative estimate of drug-likeness (QED) is 0.467. The number of phenolic OH excluding ortho intramolecular Hbond substituents is 1. The molecule has 3 aromatic carbocycles. The number of para-hydroxylation sites is 1. The number of aliphatic hydroxyl groups is 1. The van der Waals surface area contributed by atoms with Crippen molar-refractivity contribution in [3.05, 3.63) is 94.2 Å². The number of aromatic hydroxyl groups is 1. The Morgan fingerprint density at radius 3 is 2.40 bits per heavy atom. The number of hydrogen-bond acceptors (Lipinski definition) is 3. The summed E-state index contributed by atoms with van der Waals surface area (Å²) in [5.41, 5.74) is 2.05. The fourth-order valence-corrected chi connectivity index (χ4v) is 4.37. The van der Waals surface area contributed by atoms with E-state index >= 15 is 0 Å². The Morgan fingerprint density at radius 2 is 1.73 bits per heavy atom. The Bertz CT molecular complexity index is 1040. The molecule has 0 aliphatic carbocycles. The third-order valence-corrected chi connectivity index (χ3v) is 6.06. The number of benzene rings is 3. The number of carbonyl (C=O) groups is 1. The van der Waals surface area contributed by atoms with Crippen molar-refractivity contribution in [2.45, 2.75) is 25.0 Å².